The van der Waals surface area contributed by atoms with Crippen LogP contribution in [0.4, 0.5) is 26.4 Å². The molecule has 0 unspecified atom stereocenters. The molecule has 11 nitrogen and oxygen atoms in total. The van der Waals surface area contributed by atoms with E-state index in [-0.39, 0.29) is 30.6 Å². The summed E-state index contributed by atoms with van der Waals surface area (Å²) in [6.07, 6.45) is -1.10. The number of carbonyl (C=O) groups excluding carboxylic acids is 2. The average Bonchev–Trinajstić information content (AvgIpc) is 3.34. The van der Waals surface area contributed by atoms with Crippen LogP contribution >= 0.6 is 0 Å². The Labute approximate surface area is 176 Å². The second-order valence-corrected chi connectivity index (χ2v) is 6.82. The van der Waals surface area contributed by atoms with Gasteiger partial charge in [-0.1, -0.05) is 0 Å². The van der Waals surface area contributed by atoms with Gasteiger partial charge < -0.3 is 25.1 Å². The van der Waals surface area contributed by atoms with Crippen molar-refractivity contribution in [1.29, 1.82) is 0 Å². The molecule has 1 fully saturated rings. The highest BCUT2D eigenvalue weighted by Gasteiger charge is 2.32. The topological polar surface area (TPSA) is 139 Å². The number of nitrogens with zero attached hydrogens (tertiary/aromatic N) is 2. The van der Waals surface area contributed by atoms with Crippen LogP contribution in [0.15, 0.2) is 34.7 Å². The van der Waals surface area contributed by atoms with E-state index >= 15 is 0 Å². The minimum absolute atomic E-state index is 0.193. The van der Waals surface area contributed by atoms with E-state index in [2.05, 4.69) is 16.0 Å². The molecule has 3 N–H and O–H groups in total. The quantitative estimate of drug-likeness (QED) is 0.293. The zero-order valence-electron chi connectivity index (χ0n) is 16.7. The minimum Gasteiger partial charge on any atom is -0.442 e. The van der Waals surface area contributed by atoms with Crippen molar-refractivity contribution in [3.05, 3.63) is 52.0 Å². The van der Waals surface area contributed by atoms with Gasteiger partial charge in [0, 0.05) is 20.0 Å². The molecule has 12 heteroatoms. The van der Waals surface area contributed by atoms with Crippen LogP contribution in [0.5, 0.6) is 0 Å². The number of furan rings is 1. The zero-order chi connectivity index (χ0) is 22.4. The summed E-state index contributed by atoms with van der Waals surface area (Å²) in [5, 5.41) is 19.1. The monoisotopic (exact) mass is 435 g/mol. The molecule has 1 aromatic carbocycles. The van der Waals surface area contributed by atoms with Gasteiger partial charge >= 0.3 is 12.0 Å². The number of cyclic esters (lactones) is 1. The number of nitro groups is 1. The number of benzene rings is 1. The van der Waals surface area contributed by atoms with Crippen molar-refractivity contribution in [3.8, 4) is 0 Å². The Bertz CT molecular complexity index is 965. The number of carbonyl (C=O) groups is 2. The highest BCUT2D eigenvalue weighted by molar-refractivity contribution is 5.90. The van der Waals surface area contributed by atoms with E-state index in [0.717, 1.165) is 0 Å². The molecule has 3 rings (SSSR count). The van der Waals surface area contributed by atoms with Crippen LogP contribution in [0, 0.1) is 15.9 Å². The summed E-state index contributed by atoms with van der Waals surface area (Å²) in [6.45, 7) is 2.92. The van der Waals surface area contributed by atoms with Gasteiger partial charge in [-0.2, -0.15) is 0 Å². The summed E-state index contributed by atoms with van der Waals surface area (Å²) >= 11 is 0. The number of ether oxygens (including phenoxy) is 1. The lowest BCUT2D eigenvalue weighted by molar-refractivity contribution is -0.402. The molecular formula is C19H22FN5O6. The van der Waals surface area contributed by atoms with Crippen LogP contribution in [0.3, 0.4) is 0 Å². The lowest BCUT2D eigenvalue weighted by Gasteiger charge is -2.15. The number of halogens is 1. The van der Waals surface area contributed by atoms with Crippen LogP contribution < -0.4 is 20.9 Å². The number of amides is 2. The normalized spacial score (nSPS) is 15.6. The maximum Gasteiger partial charge on any atom is 0.433 e. The van der Waals surface area contributed by atoms with Crippen molar-refractivity contribution in [2.24, 2.45) is 0 Å². The minimum atomic E-state index is -0.609. The predicted molar refractivity (Wildman–Crippen MR) is 108 cm³/mol. The third kappa shape index (κ3) is 5.92. The molecule has 1 atom stereocenters. The number of hydrogen-bond donors (Lipinski definition) is 3. The molecule has 2 aromatic rings. The molecule has 0 aliphatic carbocycles. The van der Waals surface area contributed by atoms with Crippen molar-refractivity contribution in [2.75, 3.05) is 36.4 Å². The first kappa shape index (κ1) is 22.0. The summed E-state index contributed by atoms with van der Waals surface area (Å²) in [4.78, 5) is 34.3. The Morgan fingerprint density at radius 3 is 2.81 bits per heavy atom. The molecule has 2 amide bonds. The zero-order valence-corrected chi connectivity index (χ0v) is 16.7. The lowest BCUT2D eigenvalue weighted by atomic mass is 10.2. The molecule has 0 spiro atoms. The second kappa shape index (κ2) is 9.89. The van der Waals surface area contributed by atoms with Crippen LogP contribution in [0.1, 0.15) is 12.7 Å². The Morgan fingerprint density at radius 2 is 2.13 bits per heavy atom. The molecule has 0 saturated carbocycles. The first-order valence-electron chi connectivity index (χ1n) is 9.53. The van der Waals surface area contributed by atoms with Gasteiger partial charge in [-0.25, -0.2) is 9.18 Å². The van der Waals surface area contributed by atoms with Crippen molar-refractivity contribution >= 4 is 29.3 Å². The summed E-state index contributed by atoms with van der Waals surface area (Å²) in [7, 11) is 0. The Kier molecular flexibility index (Phi) is 7.03. The molecule has 0 bridgehead atoms. The second-order valence-electron chi connectivity index (χ2n) is 6.82. The van der Waals surface area contributed by atoms with E-state index in [1.165, 1.54) is 36.1 Å². The Hall–Kier alpha value is -3.67. The summed E-state index contributed by atoms with van der Waals surface area (Å²) in [5.74, 6) is -0.648. The number of anilines is 2. The first-order valence-corrected chi connectivity index (χ1v) is 9.53. The molecule has 166 valence electrons. The van der Waals surface area contributed by atoms with Crippen LogP contribution in [0.25, 0.3) is 0 Å². The molecule has 2 heterocycles. The fourth-order valence-corrected chi connectivity index (χ4v) is 2.97. The molecule has 1 aliphatic rings. The first-order chi connectivity index (χ1) is 14.8. The van der Waals surface area contributed by atoms with E-state index in [0.29, 0.717) is 31.1 Å². The fourth-order valence-electron chi connectivity index (χ4n) is 2.97. The van der Waals surface area contributed by atoms with Gasteiger partial charge in [0.05, 0.1) is 37.1 Å². The van der Waals surface area contributed by atoms with Gasteiger partial charge in [-0.05, 0) is 24.3 Å². The third-order valence-corrected chi connectivity index (χ3v) is 4.46. The molecule has 0 radical (unpaired) electrons. The summed E-state index contributed by atoms with van der Waals surface area (Å²) in [5.41, 5.74) is 0.623. The smallest absolute Gasteiger partial charge is 0.433 e. The maximum atomic E-state index is 14.4. The molecule has 1 aliphatic heterocycles. The van der Waals surface area contributed by atoms with E-state index in [4.69, 9.17) is 9.15 Å². The fraction of sp³-hybridized carbons (Fsp3) is 0.368. The Morgan fingerprint density at radius 1 is 1.32 bits per heavy atom. The van der Waals surface area contributed by atoms with Gasteiger partial charge in [0.15, 0.2) is 0 Å². The van der Waals surface area contributed by atoms with Crippen molar-refractivity contribution in [3.63, 3.8) is 0 Å². The standard InChI is InChI=1S/C19H22FN5O6/c1-12(26)23-10-15-11-24(19(27)31-15)13-2-4-17(16(20)8-13)22-7-6-21-9-14-3-5-18(30-14)25(28)29/h2-5,8,15,21-22H,6-7,9-11H2,1H3,(H,23,26)/t15-/m0/s1. The molecular weight excluding hydrogens is 413 g/mol. The Balaban J connectivity index is 1.45. The number of rotatable bonds is 10. The van der Waals surface area contributed by atoms with Gasteiger partial charge in [-0.15, -0.1) is 0 Å². The highest BCUT2D eigenvalue weighted by Crippen LogP contribution is 2.26. The molecule has 1 saturated heterocycles. The maximum absolute atomic E-state index is 14.4. The van der Waals surface area contributed by atoms with E-state index in [1.807, 2.05) is 0 Å². The molecule has 31 heavy (non-hydrogen) atoms. The average molecular weight is 435 g/mol. The van der Waals surface area contributed by atoms with Crippen LogP contribution in [0.2, 0.25) is 0 Å². The van der Waals surface area contributed by atoms with Crippen molar-refractivity contribution in [2.45, 2.75) is 19.6 Å². The van der Waals surface area contributed by atoms with E-state index < -0.39 is 22.9 Å². The van der Waals surface area contributed by atoms with Gasteiger partial charge in [0.25, 0.3) is 0 Å². The SMILES string of the molecule is CC(=O)NC[C@H]1CN(c2ccc(NCCNCc3ccc([N+](=O)[O-])o3)c(F)c2)C(=O)O1. The van der Waals surface area contributed by atoms with Crippen LogP contribution in [-0.2, 0) is 16.1 Å². The number of hydrogen-bond acceptors (Lipinski definition) is 8. The van der Waals surface area contributed by atoms with Gasteiger partial charge in [-0.3, -0.25) is 19.8 Å². The largest absolute Gasteiger partial charge is 0.442 e. The highest BCUT2D eigenvalue weighted by atomic mass is 19.1. The third-order valence-electron chi connectivity index (χ3n) is 4.46. The van der Waals surface area contributed by atoms with Crippen molar-refractivity contribution < 1.29 is 28.1 Å². The predicted octanol–water partition coefficient (Wildman–Crippen LogP) is 1.99. The van der Waals surface area contributed by atoms with E-state index in [9.17, 15) is 24.1 Å². The van der Waals surface area contributed by atoms with Gasteiger partial charge in [0.2, 0.25) is 5.91 Å². The van der Waals surface area contributed by atoms with Crippen LogP contribution in [-0.4, -0.2) is 49.2 Å². The molecule has 1 aromatic heterocycles. The summed E-state index contributed by atoms with van der Waals surface area (Å²) in [6, 6.07) is 7.16. The van der Waals surface area contributed by atoms with Gasteiger partial charge in [0.1, 0.15) is 22.6 Å². The summed E-state index contributed by atoms with van der Waals surface area (Å²) < 4.78 is 24.6. The lowest BCUT2D eigenvalue weighted by Crippen LogP contribution is -2.33. The van der Waals surface area contributed by atoms with E-state index in [1.54, 1.807) is 6.07 Å². The number of nitrogens with one attached hydrogen (secondary N) is 3. The van der Waals surface area contributed by atoms with Crippen molar-refractivity contribution in [1.82, 2.24) is 10.6 Å².